The van der Waals surface area contributed by atoms with Crippen LogP contribution in [0.5, 0.6) is 5.88 Å². The normalized spacial score (nSPS) is 16.8. The zero-order chi connectivity index (χ0) is 17.9. The number of nitrogens with one attached hydrogen (secondary N) is 2. The fraction of sp³-hybridized carbons (Fsp3) is 0.316. The van der Waals surface area contributed by atoms with E-state index < -0.39 is 0 Å². The van der Waals surface area contributed by atoms with Gasteiger partial charge >= 0.3 is 0 Å². The lowest BCUT2D eigenvalue weighted by molar-refractivity contribution is 0.0940. The van der Waals surface area contributed by atoms with Gasteiger partial charge in [-0.1, -0.05) is 0 Å². The first-order valence-corrected chi connectivity index (χ1v) is 8.81. The van der Waals surface area contributed by atoms with Crippen molar-refractivity contribution in [1.82, 2.24) is 20.3 Å². The van der Waals surface area contributed by atoms with Crippen LogP contribution in [0, 0.1) is 0 Å². The number of hydrogen-bond donors (Lipinski definition) is 2. The Morgan fingerprint density at radius 2 is 2.23 bits per heavy atom. The first-order chi connectivity index (χ1) is 12.7. The Kier molecular flexibility index (Phi) is 4.43. The molecule has 7 heteroatoms. The van der Waals surface area contributed by atoms with Gasteiger partial charge < -0.3 is 19.9 Å². The summed E-state index contributed by atoms with van der Waals surface area (Å²) in [5, 5.41) is 4.16. The minimum atomic E-state index is -0.0517. The number of fused-ring (bicyclic) bond motifs is 1. The van der Waals surface area contributed by atoms with Crippen molar-refractivity contribution in [3.63, 3.8) is 0 Å². The maximum Gasteiger partial charge on any atom is 0.257 e. The van der Waals surface area contributed by atoms with Crippen molar-refractivity contribution in [2.24, 2.45) is 0 Å². The number of hydrogen-bond acceptors (Lipinski definition) is 5. The molecule has 1 atom stereocenters. The van der Waals surface area contributed by atoms with E-state index in [-0.39, 0.29) is 11.9 Å². The highest BCUT2D eigenvalue weighted by atomic mass is 16.5. The molecule has 0 saturated carbocycles. The second-order valence-corrected chi connectivity index (χ2v) is 6.30. The van der Waals surface area contributed by atoms with Crippen LogP contribution in [-0.2, 0) is 0 Å². The summed E-state index contributed by atoms with van der Waals surface area (Å²) in [7, 11) is 0. The van der Waals surface area contributed by atoms with Gasteiger partial charge in [-0.15, -0.1) is 0 Å². The predicted molar refractivity (Wildman–Crippen MR) is 99.6 cm³/mol. The number of H-pyrrole nitrogens is 1. The molecule has 2 aromatic heterocycles. The van der Waals surface area contributed by atoms with Crippen molar-refractivity contribution in [2.75, 3.05) is 24.6 Å². The lowest BCUT2D eigenvalue weighted by Crippen LogP contribution is -2.37. The number of benzene rings is 1. The second kappa shape index (κ2) is 7.03. The Balaban J connectivity index is 1.43. The van der Waals surface area contributed by atoms with Crippen LogP contribution in [0.1, 0.15) is 23.7 Å². The summed E-state index contributed by atoms with van der Waals surface area (Å²) in [4.78, 5) is 26.5. The average molecular weight is 351 g/mol. The number of rotatable bonds is 5. The highest BCUT2D eigenvalue weighted by molar-refractivity contribution is 5.98. The van der Waals surface area contributed by atoms with E-state index in [0.29, 0.717) is 24.6 Å². The number of anilines is 1. The quantitative estimate of drug-likeness (QED) is 0.737. The molecule has 1 saturated heterocycles. The molecule has 0 aliphatic carbocycles. The monoisotopic (exact) mass is 351 g/mol. The standard InChI is InChI=1S/C19H21N5O2/c1-2-26-19-17(21-8-9-22-19)24-10-6-15(12-24)23-18(25)14-3-4-16-13(11-14)5-7-20-16/h3-5,7-9,11,15,20H,2,6,10,12H2,1H3,(H,23,25)/t15-/m1/s1. The largest absolute Gasteiger partial charge is 0.475 e. The highest BCUT2D eigenvalue weighted by Gasteiger charge is 2.27. The number of carbonyl (C=O) groups excluding carboxylic acids is 1. The molecule has 134 valence electrons. The maximum atomic E-state index is 12.6. The van der Waals surface area contributed by atoms with Crippen LogP contribution >= 0.6 is 0 Å². The van der Waals surface area contributed by atoms with Gasteiger partial charge in [0.05, 0.1) is 6.61 Å². The lowest BCUT2D eigenvalue weighted by atomic mass is 10.1. The van der Waals surface area contributed by atoms with E-state index in [1.807, 2.05) is 37.4 Å². The molecule has 2 N–H and O–H groups in total. The van der Waals surface area contributed by atoms with Crippen LogP contribution in [0.25, 0.3) is 10.9 Å². The van der Waals surface area contributed by atoms with Crippen LogP contribution in [0.15, 0.2) is 42.9 Å². The third kappa shape index (κ3) is 3.20. The summed E-state index contributed by atoms with van der Waals surface area (Å²) in [6.45, 7) is 3.96. The van der Waals surface area contributed by atoms with Crippen LogP contribution in [0.4, 0.5) is 5.82 Å². The molecule has 0 radical (unpaired) electrons. The van der Waals surface area contributed by atoms with Gasteiger partial charge in [0.15, 0.2) is 5.82 Å². The fourth-order valence-corrected chi connectivity index (χ4v) is 3.31. The summed E-state index contributed by atoms with van der Waals surface area (Å²) >= 11 is 0. The summed E-state index contributed by atoms with van der Waals surface area (Å²) < 4.78 is 5.56. The van der Waals surface area contributed by atoms with Gasteiger partial charge in [0.1, 0.15) is 0 Å². The van der Waals surface area contributed by atoms with Crippen molar-refractivity contribution in [3.05, 3.63) is 48.4 Å². The molecule has 1 aliphatic heterocycles. The lowest BCUT2D eigenvalue weighted by Gasteiger charge is -2.19. The van der Waals surface area contributed by atoms with Crippen molar-refractivity contribution < 1.29 is 9.53 Å². The predicted octanol–water partition coefficient (Wildman–Crippen LogP) is 2.37. The number of ether oxygens (including phenoxy) is 1. The topological polar surface area (TPSA) is 83.1 Å². The molecule has 0 unspecified atom stereocenters. The molecular weight excluding hydrogens is 330 g/mol. The van der Waals surface area contributed by atoms with Crippen molar-refractivity contribution in [3.8, 4) is 5.88 Å². The molecule has 7 nitrogen and oxygen atoms in total. The number of aromatic amines is 1. The SMILES string of the molecule is CCOc1nccnc1N1CC[C@@H](NC(=O)c2ccc3[nH]ccc3c2)C1. The van der Waals surface area contributed by atoms with Crippen LogP contribution < -0.4 is 15.0 Å². The smallest absolute Gasteiger partial charge is 0.257 e. The van der Waals surface area contributed by atoms with Gasteiger partial charge in [0.25, 0.3) is 11.8 Å². The van der Waals surface area contributed by atoms with Gasteiger partial charge in [-0.2, -0.15) is 0 Å². The average Bonchev–Trinajstić information content (AvgIpc) is 3.31. The Morgan fingerprint density at radius 3 is 3.12 bits per heavy atom. The summed E-state index contributed by atoms with van der Waals surface area (Å²) in [5.74, 6) is 1.23. The molecule has 3 heterocycles. The van der Waals surface area contributed by atoms with E-state index in [9.17, 15) is 4.79 Å². The maximum absolute atomic E-state index is 12.6. The van der Waals surface area contributed by atoms with Crippen LogP contribution in [0.2, 0.25) is 0 Å². The van der Waals surface area contributed by atoms with Gasteiger partial charge in [-0.05, 0) is 37.6 Å². The molecule has 26 heavy (non-hydrogen) atoms. The van der Waals surface area contributed by atoms with Crippen molar-refractivity contribution in [1.29, 1.82) is 0 Å². The molecule has 0 bridgehead atoms. The Morgan fingerprint density at radius 1 is 1.35 bits per heavy atom. The number of carbonyl (C=O) groups is 1. The van der Waals surface area contributed by atoms with E-state index >= 15 is 0 Å². The Hall–Kier alpha value is -3.09. The number of nitrogens with zero attached hydrogens (tertiary/aromatic N) is 3. The zero-order valence-corrected chi connectivity index (χ0v) is 14.6. The second-order valence-electron chi connectivity index (χ2n) is 6.30. The minimum absolute atomic E-state index is 0.0517. The van der Waals surface area contributed by atoms with Gasteiger partial charge in [0, 0.05) is 54.2 Å². The molecule has 0 spiro atoms. The number of amides is 1. The molecule has 3 aromatic rings. The third-order valence-corrected chi connectivity index (χ3v) is 4.57. The minimum Gasteiger partial charge on any atom is -0.475 e. The summed E-state index contributed by atoms with van der Waals surface area (Å²) in [6.07, 6.45) is 6.02. The zero-order valence-electron chi connectivity index (χ0n) is 14.6. The van der Waals surface area contributed by atoms with E-state index in [1.165, 1.54) is 0 Å². The van der Waals surface area contributed by atoms with E-state index in [4.69, 9.17) is 4.74 Å². The molecule has 1 aromatic carbocycles. The molecule has 1 aliphatic rings. The molecular formula is C19H21N5O2. The van der Waals surface area contributed by atoms with E-state index in [2.05, 4.69) is 25.2 Å². The molecule has 1 amide bonds. The van der Waals surface area contributed by atoms with Gasteiger partial charge in [-0.3, -0.25) is 4.79 Å². The third-order valence-electron chi connectivity index (χ3n) is 4.57. The van der Waals surface area contributed by atoms with E-state index in [1.54, 1.807) is 12.4 Å². The Labute approximate surface area is 151 Å². The molecule has 4 rings (SSSR count). The number of aromatic nitrogens is 3. The van der Waals surface area contributed by atoms with Crippen LogP contribution in [-0.4, -0.2) is 46.6 Å². The Bertz CT molecular complexity index is 923. The fourth-order valence-electron chi connectivity index (χ4n) is 3.31. The first kappa shape index (κ1) is 16.4. The van der Waals surface area contributed by atoms with Gasteiger partial charge in [-0.25, -0.2) is 9.97 Å². The summed E-state index contributed by atoms with van der Waals surface area (Å²) in [6, 6.07) is 7.72. The summed E-state index contributed by atoms with van der Waals surface area (Å²) in [5.41, 5.74) is 1.70. The van der Waals surface area contributed by atoms with Crippen molar-refractivity contribution in [2.45, 2.75) is 19.4 Å². The van der Waals surface area contributed by atoms with E-state index in [0.717, 1.165) is 29.7 Å². The van der Waals surface area contributed by atoms with Crippen molar-refractivity contribution >= 4 is 22.6 Å². The van der Waals surface area contributed by atoms with Crippen LogP contribution in [0.3, 0.4) is 0 Å². The first-order valence-electron chi connectivity index (χ1n) is 8.81. The van der Waals surface area contributed by atoms with Gasteiger partial charge in [0.2, 0.25) is 0 Å². The molecule has 1 fully saturated rings. The highest BCUT2D eigenvalue weighted by Crippen LogP contribution is 2.26.